The summed E-state index contributed by atoms with van der Waals surface area (Å²) in [5.74, 6) is 2.34. The van der Waals surface area contributed by atoms with Crippen LogP contribution in [0.1, 0.15) is 5.56 Å². The van der Waals surface area contributed by atoms with Gasteiger partial charge in [-0.15, -0.1) is 0 Å². The zero-order valence-corrected chi connectivity index (χ0v) is 25.8. The number of aromatic amines is 1. The van der Waals surface area contributed by atoms with E-state index in [1.165, 1.54) is 22.1 Å². The molecule has 0 radical (unpaired) electrons. The Morgan fingerprint density at radius 3 is 2.15 bits per heavy atom. The largest absolute Gasteiger partial charge is 0.457 e. The van der Waals surface area contributed by atoms with E-state index in [1.54, 1.807) is 0 Å². The van der Waals surface area contributed by atoms with Crippen LogP contribution < -0.4 is 14.5 Å². The maximum Gasteiger partial charge on any atom is 0.213 e. The lowest BCUT2D eigenvalue weighted by atomic mass is 10.1. The number of para-hydroxylation sites is 2. The summed E-state index contributed by atoms with van der Waals surface area (Å²) in [6, 6.07) is 48.4. The summed E-state index contributed by atoms with van der Waals surface area (Å²) in [6.07, 6.45) is 4.25. The lowest BCUT2D eigenvalue weighted by Gasteiger charge is -2.22. The fourth-order valence-electron chi connectivity index (χ4n) is 6.62. The van der Waals surface area contributed by atoms with E-state index in [0.717, 1.165) is 56.3 Å². The Morgan fingerprint density at radius 1 is 0.596 bits per heavy atom. The van der Waals surface area contributed by atoms with Crippen LogP contribution in [0.25, 0.3) is 49.9 Å². The van der Waals surface area contributed by atoms with E-state index in [2.05, 4.69) is 142 Å². The van der Waals surface area contributed by atoms with Crippen LogP contribution in [-0.4, -0.2) is 21.2 Å². The highest BCUT2D eigenvalue weighted by Gasteiger charge is 2.18. The zero-order chi connectivity index (χ0) is 31.3. The Morgan fingerprint density at radius 2 is 1.30 bits per heavy atom. The Balaban J connectivity index is 1.01. The van der Waals surface area contributed by atoms with Crippen molar-refractivity contribution in [2.45, 2.75) is 6.92 Å². The minimum atomic E-state index is 0.713. The molecule has 6 heteroatoms. The average Bonchev–Trinajstić information content (AvgIpc) is 3.86. The number of ether oxygens (including phenoxy) is 1. The predicted octanol–water partition coefficient (Wildman–Crippen LogP) is 10.2. The lowest BCUT2D eigenvalue weighted by molar-refractivity contribution is 0.483. The van der Waals surface area contributed by atoms with E-state index < -0.39 is 0 Å². The maximum atomic E-state index is 6.52. The van der Waals surface area contributed by atoms with Crippen LogP contribution in [0.3, 0.4) is 0 Å². The molecule has 1 aliphatic rings. The number of aryl methyl sites for hydroxylation is 1. The fourth-order valence-corrected chi connectivity index (χ4v) is 6.62. The Bertz CT molecular complexity index is 2460. The molecule has 0 saturated carbocycles. The van der Waals surface area contributed by atoms with Crippen molar-refractivity contribution < 1.29 is 4.74 Å². The number of fused-ring (bicyclic) bond motifs is 4. The number of hydrogen-bond donors (Lipinski definition) is 1. The number of aromatic nitrogens is 3. The predicted molar refractivity (Wildman–Crippen MR) is 193 cm³/mol. The first-order valence-corrected chi connectivity index (χ1v) is 15.8. The van der Waals surface area contributed by atoms with E-state index in [4.69, 9.17) is 9.72 Å². The molecule has 0 saturated heterocycles. The van der Waals surface area contributed by atoms with E-state index in [9.17, 15) is 0 Å². The molecule has 3 heterocycles. The molecule has 1 aliphatic heterocycles. The van der Waals surface area contributed by atoms with Crippen LogP contribution in [0.15, 0.2) is 152 Å². The van der Waals surface area contributed by atoms with Crippen molar-refractivity contribution in [3.05, 3.63) is 157 Å². The third-order valence-electron chi connectivity index (χ3n) is 8.97. The fraction of sp³-hybridized carbons (Fsp3) is 0.0488. The van der Waals surface area contributed by atoms with Gasteiger partial charge in [-0.25, -0.2) is 4.98 Å². The number of nitrogens with zero attached hydrogens (tertiary/aromatic N) is 4. The molecule has 0 atom stereocenters. The molecule has 6 nitrogen and oxygen atoms in total. The first-order valence-electron chi connectivity index (χ1n) is 15.8. The van der Waals surface area contributed by atoms with Crippen molar-refractivity contribution in [2.75, 3.05) is 16.5 Å². The number of H-pyrrole nitrogens is 1. The molecule has 0 bridgehead atoms. The normalized spacial score (nSPS) is 13.0. The molecule has 8 aromatic rings. The summed E-state index contributed by atoms with van der Waals surface area (Å²) in [6.45, 7) is 2.82. The number of hydrogen-bond acceptors (Lipinski definition) is 4. The van der Waals surface area contributed by atoms with Crippen molar-refractivity contribution in [2.24, 2.45) is 0 Å². The van der Waals surface area contributed by atoms with Gasteiger partial charge in [0.05, 0.1) is 28.7 Å². The Labute approximate surface area is 272 Å². The average molecular weight is 610 g/mol. The van der Waals surface area contributed by atoms with Crippen molar-refractivity contribution >= 4 is 44.2 Å². The molecule has 47 heavy (non-hydrogen) atoms. The molecule has 6 aromatic carbocycles. The van der Waals surface area contributed by atoms with Gasteiger partial charge in [-0.1, -0.05) is 78.9 Å². The minimum Gasteiger partial charge on any atom is -0.457 e. The summed E-state index contributed by atoms with van der Waals surface area (Å²) in [5, 5.41) is 2.32. The maximum absolute atomic E-state index is 6.52. The van der Waals surface area contributed by atoms with Gasteiger partial charge in [0.25, 0.3) is 0 Å². The SMILES string of the molecule is Cc1cccc2nc(-n3c4ccccc4c4ccc(Oc5cccc(N6C=CN(c7cccc(-c8ccccc8)c7)C6)c5)cc43)[nH]c12. The van der Waals surface area contributed by atoms with Gasteiger partial charge in [-0.05, 0) is 72.1 Å². The van der Waals surface area contributed by atoms with Gasteiger partial charge in [-0.2, -0.15) is 0 Å². The van der Waals surface area contributed by atoms with E-state index in [1.807, 2.05) is 36.4 Å². The van der Waals surface area contributed by atoms with E-state index >= 15 is 0 Å². The summed E-state index contributed by atoms with van der Waals surface area (Å²) in [5.41, 5.74) is 9.94. The quantitative estimate of drug-likeness (QED) is 0.204. The van der Waals surface area contributed by atoms with Crippen LogP contribution in [0.5, 0.6) is 11.5 Å². The monoisotopic (exact) mass is 609 g/mol. The highest BCUT2D eigenvalue weighted by Crippen LogP contribution is 2.36. The molecular weight excluding hydrogens is 578 g/mol. The van der Waals surface area contributed by atoms with Crippen molar-refractivity contribution in [1.29, 1.82) is 0 Å². The number of rotatable bonds is 6. The second-order valence-corrected chi connectivity index (χ2v) is 12.0. The molecule has 9 rings (SSSR count). The van der Waals surface area contributed by atoms with Gasteiger partial charge in [0, 0.05) is 46.7 Å². The first kappa shape index (κ1) is 27.1. The van der Waals surface area contributed by atoms with Crippen molar-refractivity contribution in [1.82, 2.24) is 14.5 Å². The molecule has 0 spiro atoms. The second-order valence-electron chi connectivity index (χ2n) is 12.0. The van der Waals surface area contributed by atoms with Gasteiger partial charge in [0.2, 0.25) is 5.95 Å². The topological polar surface area (TPSA) is 49.3 Å². The lowest BCUT2D eigenvalue weighted by Crippen LogP contribution is -2.24. The van der Waals surface area contributed by atoms with Crippen LogP contribution in [0.2, 0.25) is 0 Å². The molecule has 0 aliphatic carbocycles. The third-order valence-corrected chi connectivity index (χ3v) is 8.97. The molecular formula is C41H31N5O. The first-order chi connectivity index (χ1) is 23.2. The standard InChI is InChI=1S/C41H31N5O/c1-28-10-7-18-37-40(28)43-41(42-37)46-38-19-6-5-17-35(38)36-21-20-34(26-39(36)46)47-33-16-9-15-32(25-33)45-23-22-44(27-45)31-14-8-13-30(24-31)29-11-3-2-4-12-29/h2-26H,27H2,1H3,(H,42,43). The van der Waals surface area contributed by atoms with Crippen LogP contribution >= 0.6 is 0 Å². The van der Waals surface area contributed by atoms with Gasteiger partial charge < -0.3 is 19.5 Å². The summed E-state index contributed by atoms with van der Waals surface area (Å²) < 4.78 is 8.72. The van der Waals surface area contributed by atoms with E-state index in [-0.39, 0.29) is 0 Å². The van der Waals surface area contributed by atoms with E-state index in [0.29, 0.717) is 6.67 Å². The minimum absolute atomic E-state index is 0.713. The number of nitrogens with one attached hydrogen (secondary N) is 1. The van der Waals surface area contributed by atoms with Crippen molar-refractivity contribution in [3.8, 4) is 28.6 Å². The van der Waals surface area contributed by atoms with Gasteiger partial charge in [0.15, 0.2) is 0 Å². The Hall–Kier alpha value is -6.27. The summed E-state index contributed by atoms with van der Waals surface area (Å²) in [4.78, 5) is 13.0. The molecule has 2 aromatic heterocycles. The number of benzene rings is 6. The van der Waals surface area contributed by atoms with Crippen molar-refractivity contribution in [3.63, 3.8) is 0 Å². The van der Waals surface area contributed by atoms with Gasteiger partial charge in [0.1, 0.15) is 11.5 Å². The van der Waals surface area contributed by atoms with Gasteiger partial charge in [-0.3, -0.25) is 4.57 Å². The highest BCUT2D eigenvalue weighted by atomic mass is 16.5. The molecule has 1 N–H and O–H groups in total. The molecule has 0 amide bonds. The van der Waals surface area contributed by atoms with Crippen LogP contribution in [0.4, 0.5) is 11.4 Å². The highest BCUT2D eigenvalue weighted by molar-refractivity contribution is 6.09. The number of anilines is 2. The molecule has 0 fully saturated rings. The number of imidazole rings is 1. The zero-order valence-electron chi connectivity index (χ0n) is 25.8. The van der Waals surface area contributed by atoms with Crippen LogP contribution in [0, 0.1) is 6.92 Å². The second kappa shape index (κ2) is 11.0. The molecule has 0 unspecified atom stereocenters. The smallest absolute Gasteiger partial charge is 0.213 e. The Kier molecular flexibility index (Phi) is 6.32. The summed E-state index contributed by atoms with van der Waals surface area (Å²) >= 11 is 0. The molecule has 226 valence electrons. The van der Waals surface area contributed by atoms with Gasteiger partial charge >= 0.3 is 0 Å². The van der Waals surface area contributed by atoms with Crippen LogP contribution in [-0.2, 0) is 0 Å². The summed E-state index contributed by atoms with van der Waals surface area (Å²) in [7, 11) is 0. The third kappa shape index (κ3) is 4.78.